The number of para-hydroxylation sites is 1. The second-order valence-electron chi connectivity index (χ2n) is 2.84. The van der Waals surface area contributed by atoms with Gasteiger partial charge in [0.2, 0.25) is 5.88 Å². The molecule has 2 aromatic rings. The van der Waals surface area contributed by atoms with E-state index in [1.54, 1.807) is 18.3 Å². The first-order valence-electron chi connectivity index (χ1n) is 4.39. The molecular weight excluding hydrogens is 210 g/mol. The average Bonchev–Trinajstić information content (AvgIpc) is 2.31. The Morgan fingerprint density at radius 1 is 1.07 bits per heavy atom. The highest BCUT2D eigenvalue weighted by Gasteiger charge is 1.98. The van der Waals surface area contributed by atoms with Gasteiger partial charge in [0.05, 0.1) is 4.90 Å². The van der Waals surface area contributed by atoms with E-state index in [0.717, 1.165) is 5.75 Å². The minimum Gasteiger partial charge on any atom is -0.439 e. The van der Waals surface area contributed by atoms with E-state index in [1.807, 2.05) is 30.3 Å². The van der Waals surface area contributed by atoms with Crippen LogP contribution in [0.2, 0.25) is 0 Å². The molecule has 0 aliphatic heterocycles. The second-order valence-corrected chi connectivity index (χ2v) is 3.49. The third kappa shape index (κ3) is 2.71. The Morgan fingerprint density at radius 2 is 1.87 bits per heavy atom. The van der Waals surface area contributed by atoms with Gasteiger partial charge < -0.3 is 9.29 Å². The van der Waals surface area contributed by atoms with E-state index in [1.165, 1.54) is 0 Å². The molecule has 0 atom stereocenters. The number of pyridine rings is 1. The zero-order chi connectivity index (χ0) is 10.5. The van der Waals surface area contributed by atoms with Crippen LogP contribution in [0.4, 0.5) is 0 Å². The molecule has 1 aromatic heterocycles. The van der Waals surface area contributed by atoms with Crippen LogP contribution in [0, 0.1) is 0 Å². The number of nitrogens with zero attached hydrogens (tertiary/aromatic N) is 1. The van der Waals surface area contributed by atoms with Gasteiger partial charge in [0.15, 0.2) is 0 Å². The Bertz CT molecular complexity index is 416. The lowest BCUT2D eigenvalue weighted by Crippen LogP contribution is -1.86. The molecule has 1 aromatic carbocycles. The fourth-order valence-corrected chi connectivity index (χ4v) is 1.32. The molecule has 0 unspecified atom stereocenters. The third-order valence-corrected chi connectivity index (χ3v) is 2.23. The van der Waals surface area contributed by atoms with E-state index in [9.17, 15) is 0 Å². The highest BCUT2D eigenvalue weighted by Crippen LogP contribution is 2.20. The standard InChI is InChI=1S/C11H9NO2S/c13-15-10-6-7-11(12-8-10)14-9-4-2-1-3-5-9/h1-8,13H. The summed E-state index contributed by atoms with van der Waals surface area (Å²) in [6, 6.07) is 12.9. The summed E-state index contributed by atoms with van der Waals surface area (Å²) in [4.78, 5) is 4.73. The summed E-state index contributed by atoms with van der Waals surface area (Å²) in [7, 11) is 0. The molecule has 4 heteroatoms. The Morgan fingerprint density at radius 3 is 2.47 bits per heavy atom. The van der Waals surface area contributed by atoms with Gasteiger partial charge in [-0.1, -0.05) is 18.2 Å². The first kappa shape index (κ1) is 10.0. The Kier molecular flexibility index (Phi) is 3.22. The number of ether oxygens (including phenoxy) is 1. The largest absolute Gasteiger partial charge is 0.439 e. The molecule has 0 spiro atoms. The first-order valence-corrected chi connectivity index (χ1v) is 5.16. The number of hydrogen-bond acceptors (Lipinski definition) is 4. The maximum absolute atomic E-state index is 8.75. The average molecular weight is 219 g/mol. The van der Waals surface area contributed by atoms with Gasteiger partial charge in [-0.2, -0.15) is 0 Å². The smallest absolute Gasteiger partial charge is 0.219 e. The maximum Gasteiger partial charge on any atom is 0.219 e. The monoisotopic (exact) mass is 219 g/mol. The molecule has 0 saturated heterocycles. The molecule has 2 rings (SSSR count). The molecule has 0 radical (unpaired) electrons. The summed E-state index contributed by atoms with van der Waals surface area (Å²) in [5, 5.41) is 0. The van der Waals surface area contributed by atoms with Crippen LogP contribution in [0.5, 0.6) is 11.6 Å². The predicted octanol–water partition coefficient (Wildman–Crippen LogP) is 3.44. The molecule has 0 amide bonds. The Balaban J connectivity index is 2.11. The van der Waals surface area contributed by atoms with Crippen molar-refractivity contribution >= 4 is 12.0 Å². The van der Waals surface area contributed by atoms with E-state index in [-0.39, 0.29) is 0 Å². The van der Waals surface area contributed by atoms with Crippen molar-refractivity contribution in [2.24, 2.45) is 0 Å². The number of rotatable bonds is 3. The molecule has 76 valence electrons. The van der Waals surface area contributed by atoms with E-state index < -0.39 is 0 Å². The Labute approximate surface area is 91.9 Å². The molecule has 1 N–H and O–H groups in total. The molecule has 0 saturated carbocycles. The zero-order valence-electron chi connectivity index (χ0n) is 7.83. The van der Waals surface area contributed by atoms with Crippen molar-refractivity contribution in [2.75, 3.05) is 0 Å². The van der Waals surface area contributed by atoms with Crippen LogP contribution >= 0.6 is 12.0 Å². The van der Waals surface area contributed by atoms with Gasteiger partial charge >= 0.3 is 0 Å². The predicted molar refractivity (Wildman–Crippen MR) is 59.2 cm³/mol. The molecule has 1 heterocycles. The molecule has 3 nitrogen and oxygen atoms in total. The number of benzene rings is 1. The van der Waals surface area contributed by atoms with Crippen LogP contribution in [0.1, 0.15) is 0 Å². The highest BCUT2D eigenvalue weighted by molar-refractivity contribution is 7.93. The van der Waals surface area contributed by atoms with Crippen molar-refractivity contribution < 1.29 is 9.29 Å². The maximum atomic E-state index is 8.75. The quantitative estimate of drug-likeness (QED) is 0.803. The summed E-state index contributed by atoms with van der Waals surface area (Å²) in [6.45, 7) is 0. The topological polar surface area (TPSA) is 42.4 Å². The van der Waals surface area contributed by atoms with Crippen molar-refractivity contribution in [3.05, 3.63) is 48.7 Å². The zero-order valence-corrected chi connectivity index (χ0v) is 8.65. The molecule has 15 heavy (non-hydrogen) atoms. The Hall–Kier alpha value is -1.52. The van der Waals surface area contributed by atoms with Crippen LogP contribution in [0.3, 0.4) is 0 Å². The van der Waals surface area contributed by atoms with E-state index in [4.69, 9.17) is 9.29 Å². The van der Waals surface area contributed by atoms with Crippen molar-refractivity contribution in [1.82, 2.24) is 4.98 Å². The summed E-state index contributed by atoms with van der Waals surface area (Å²) in [5.74, 6) is 1.26. The van der Waals surface area contributed by atoms with Gasteiger partial charge in [-0.25, -0.2) is 4.98 Å². The van der Waals surface area contributed by atoms with Crippen molar-refractivity contribution in [3.8, 4) is 11.6 Å². The lowest BCUT2D eigenvalue weighted by molar-refractivity contribution is 0.462. The van der Waals surface area contributed by atoms with Gasteiger partial charge in [-0.3, -0.25) is 0 Å². The third-order valence-electron chi connectivity index (χ3n) is 1.78. The van der Waals surface area contributed by atoms with Crippen LogP contribution in [-0.2, 0) is 0 Å². The summed E-state index contributed by atoms with van der Waals surface area (Å²) in [5.41, 5.74) is 0. The van der Waals surface area contributed by atoms with Crippen LogP contribution in [-0.4, -0.2) is 9.54 Å². The van der Waals surface area contributed by atoms with Crippen molar-refractivity contribution in [1.29, 1.82) is 0 Å². The first-order chi connectivity index (χ1) is 7.38. The summed E-state index contributed by atoms with van der Waals surface area (Å²) < 4.78 is 14.2. The van der Waals surface area contributed by atoms with Crippen LogP contribution in [0.25, 0.3) is 0 Å². The minimum atomic E-state index is 0.513. The normalized spacial score (nSPS) is 9.93. The van der Waals surface area contributed by atoms with Crippen molar-refractivity contribution in [3.63, 3.8) is 0 Å². The second kappa shape index (κ2) is 4.82. The molecule has 0 aliphatic carbocycles. The number of aromatic nitrogens is 1. The van der Waals surface area contributed by atoms with Crippen molar-refractivity contribution in [2.45, 2.75) is 4.90 Å². The van der Waals surface area contributed by atoms with E-state index >= 15 is 0 Å². The number of hydrogen-bond donors (Lipinski definition) is 1. The van der Waals surface area contributed by atoms with Crippen LogP contribution in [0.15, 0.2) is 53.6 Å². The summed E-state index contributed by atoms with van der Waals surface area (Å²) >= 11 is 0.666. The van der Waals surface area contributed by atoms with Gasteiger partial charge in [0.1, 0.15) is 5.75 Å². The van der Waals surface area contributed by atoms with Gasteiger partial charge in [0, 0.05) is 24.3 Å². The van der Waals surface area contributed by atoms with Gasteiger partial charge in [0.25, 0.3) is 0 Å². The lowest BCUT2D eigenvalue weighted by atomic mass is 10.3. The molecular formula is C11H9NO2S. The fourth-order valence-electron chi connectivity index (χ4n) is 1.09. The lowest BCUT2D eigenvalue weighted by Gasteiger charge is -2.03. The molecule has 0 bridgehead atoms. The summed E-state index contributed by atoms with van der Waals surface area (Å²) in [6.07, 6.45) is 1.56. The van der Waals surface area contributed by atoms with E-state index in [0.29, 0.717) is 22.8 Å². The van der Waals surface area contributed by atoms with Crippen LogP contribution < -0.4 is 4.74 Å². The van der Waals surface area contributed by atoms with Gasteiger partial charge in [-0.15, -0.1) is 0 Å². The minimum absolute atomic E-state index is 0.513. The van der Waals surface area contributed by atoms with Gasteiger partial charge in [-0.05, 0) is 18.2 Å². The SMILES string of the molecule is OSc1ccc(Oc2ccccc2)nc1. The molecule has 0 aliphatic rings. The van der Waals surface area contributed by atoms with E-state index in [2.05, 4.69) is 4.98 Å². The fraction of sp³-hybridized carbons (Fsp3) is 0. The highest BCUT2D eigenvalue weighted by atomic mass is 32.2. The molecule has 0 fully saturated rings.